The molecule has 1 aromatic rings. The van der Waals surface area contributed by atoms with Gasteiger partial charge in [-0.05, 0) is 31.2 Å². The van der Waals surface area contributed by atoms with Crippen LogP contribution in [-0.2, 0) is 0 Å². The molecule has 0 fully saturated rings. The SMILES string of the molecule is CC(=O)c1ccc(NCC(N)CN)cc1. The van der Waals surface area contributed by atoms with Crippen LogP contribution < -0.4 is 16.8 Å². The van der Waals surface area contributed by atoms with Gasteiger partial charge in [0.15, 0.2) is 5.78 Å². The summed E-state index contributed by atoms with van der Waals surface area (Å²) in [5, 5.41) is 3.15. The standard InChI is InChI=1S/C11H17N3O/c1-8(15)9-2-4-11(5-3-9)14-7-10(13)6-12/h2-5,10,14H,6-7,12-13H2,1H3. The third-order valence-corrected chi connectivity index (χ3v) is 2.16. The highest BCUT2D eigenvalue weighted by atomic mass is 16.1. The van der Waals surface area contributed by atoms with Crippen molar-refractivity contribution in [3.63, 3.8) is 0 Å². The van der Waals surface area contributed by atoms with Crippen molar-refractivity contribution in [2.75, 3.05) is 18.4 Å². The van der Waals surface area contributed by atoms with Crippen LogP contribution in [0.25, 0.3) is 0 Å². The van der Waals surface area contributed by atoms with E-state index in [0.29, 0.717) is 18.7 Å². The first kappa shape index (κ1) is 11.7. The van der Waals surface area contributed by atoms with Crippen molar-refractivity contribution in [2.45, 2.75) is 13.0 Å². The Balaban J connectivity index is 2.53. The fourth-order valence-electron chi connectivity index (χ4n) is 1.16. The largest absolute Gasteiger partial charge is 0.383 e. The van der Waals surface area contributed by atoms with Crippen molar-refractivity contribution >= 4 is 11.5 Å². The molecule has 0 spiro atoms. The smallest absolute Gasteiger partial charge is 0.159 e. The van der Waals surface area contributed by atoms with E-state index in [-0.39, 0.29) is 11.8 Å². The van der Waals surface area contributed by atoms with E-state index in [9.17, 15) is 4.79 Å². The highest BCUT2D eigenvalue weighted by Crippen LogP contribution is 2.09. The van der Waals surface area contributed by atoms with Gasteiger partial charge in [-0.3, -0.25) is 4.79 Å². The molecule has 0 aliphatic rings. The first-order valence-electron chi connectivity index (χ1n) is 4.94. The van der Waals surface area contributed by atoms with Crippen molar-refractivity contribution in [1.29, 1.82) is 0 Å². The van der Waals surface area contributed by atoms with Crippen molar-refractivity contribution in [3.05, 3.63) is 29.8 Å². The first-order valence-corrected chi connectivity index (χ1v) is 4.94. The monoisotopic (exact) mass is 207 g/mol. The van der Waals surface area contributed by atoms with Gasteiger partial charge in [0.05, 0.1) is 0 Å². The maximum Gasteiger partial charge on any atom is 0.159 e. The van der Waals surface area contributed by atoms with E-state index in [0.717, 1.165) is 5.69 Å². The summed E-state index contributed by atoms with van der Waals surface area (Å²) >= 11 is 0. The third-order valence-electron chi connectivity index (χ3n) is 2.16. The van der Waals surface area contributed by atoms with Crippen LogP contribution in [0.5, 0.6) is 0 Å². The molecule has 5 N–H and O–H groups in total. The number of nitrogens with one attached hydrogen (secondary N) is 1. The Hall–Kier alpha value is -1.39. The summed E-state index contributed by atoms with van der Waals surface area (Å²) in [7, 11) is 0. The molecule has 1 atom stereocenters. The van der Waals surface area contributed by atoms with Crippen molar-refractivity contribution in [1.82, 2.24) is 0 Å². The summed E-state index contributed by atoms with van der Waals surface area (Å²) in [6.45, 7) is 2.64. The van der Waals surface area contributed by atoms with Gasteiger partial charge < -0.3 is 16.8 Å². The summed E-state index contributed by atoms with van der Waals surface area (Å²) in [6.07, 6.45) is 0. The molecule has 0 amide bonds. The molecule has 4 heteroatoms. The lowest BCUT2D eigenvalue weighted by Crippen LogP contribution is -2.36. The maximum absolute atomic E-state index is 11.0. The molecule has 1 unspecified atom stereocenters. The Labute approximate surface area is 89.6 Å². The number of nitrogens with two attached hydrogens (primary N) is 2. The van der Waals surface area contributed by atoms with Gasteiger partial charge in [-0.25, -0.2) is 0 Å². The van der Waals surface area contributed by atoms with Crippen LogP contribution in [0.15, 0.2) is 24.3 Å². The predicted molar refractivity (Wildman–Crippen MR) is 62.0 cm³/mol. The fourth-order valence-corrected chi connectivity index (χ4v) is 1.16. The van der Waals surface area contributed by atoms with E-state index in [1.54, 1.807) is 19.1 Å². The van der Waals surface area contributed by atoms with E-state index < -0.39 is 0 Å². The van der Waals surface area contributed by atoms with Crippen LogP contribution in [0.1, 0.15) is 17.3 Å². The average molecular weight is 207 g/mol. The van der Waals surface area contributed by atoms with Gasteiger partial charge in [0.2, 0.25) is 0 Å². The quantitative estimate of drug-likeness (QED) is 0.617. The summed E-state index contributed by atoms with van der Waals surface area (Å²) in [4.78, 5) is 11.0. The molecular weight excluding hydrogens is 190 g/mol. The first-order chi connectivity index (χ1) is 7.13. The van der Waals surface area contributed by atoms with Gasteiger partial charge in [-0.2, -0.15) is 0 Å². The Morgan fingerprint density at radius 1 is 1.40 bits per heavy atom. The van der Waals surface area contributed by atoms with Crippen molar-refractivity contribution in [2.24, 2.45) is 11.5 Å². The molecule has 15 heavy (non-hydrogen) atoms. The van der Waals surface area contributed by atoms with Gasteiger partial charge in [0.25, 0.3) is 0 Å². The Morgan fingerprint density at radius 2 is 2.00 bits per heavy atom. The highest BCUT2D eigenvalue weighted by Gasteiger charge is 2.00. The highest BCUT2D eigenvalue weighted by molar-refractivity contribution is 5.94. The van der Waals surface area contributed by atoms with Gasteiger partial charge in [0, 0.05) is 30.4 Å². The molecule has 0 heterocycles. The summed E-state index contributed by atoms with van der Waals surface area (Å²) in [6, 6.07) is 7.26. The molecule has 0 aliphatic carbocycles. The van der Waals surface area contributed by atoms with Crippen LogP contribution in [-0.4, -0.2) is 24.9 Å². The van der Waals surface area contributed by atoms with Gasteiger partial charge in [-0.15, -0.1) is 0 Å². The molecule has 1 rings (SSSR count). The van der Waals surface area contributed by atoms with E-state index in [1.807, 2.05) is 12.1 Å². The van der Waals surface area contributed by atoms with E-state index in [1.165, 1.54) is 0 Å². The lowest BCUT2D eigenvalue weighted by Gasteiger charge is -2.11. The van der Waals surface area contributed by atoms with Gasteiger partial charge >= 0.3 is 0 Å². The van der Waals surface area contributed by atoms with Gasteiger partial charge in [0.1, 0.15) is 0 Å². The average Bonchev–Trinajstić information content (AvgIpc) is 2.26. The molecule has 1 aromatic carbocycles. The topological polar surface area (TPSA) is 81.1 Å². The number of benzene rings is 1. The minimum Gasteiger partial charge on any atom is -0.383 e. The second kappa shape index (κ2) is 5.48. The zero-order valence-electron chi connectivity index (χ0n) is 8.86. The number of hydrogen-bond acceptors (Lipinski definition) is 4. The van der Waals surface area contributed by atoms with E-state index in [2.05, 4.69) is 5.32 Å². The number of anilines is 1. The Kier molecular flexibility index (Phi) is 4.27. The molecule has 82 valence electrons. The zero-order valence-corrected chi connectivity index (χ0v) is 8.86. The number of carbonyl (C=O) groups is 1. The number of rotatable bonds is 5. The summed E-state index contributed by atoms with van der Waals surface area (Å²) in [5.74, 6) is 0.0696. The molecule has 0 saturated carbocycles. The molecule has 4 nitrogen and oxygen atoms in total. The molecular formula is C11H17N3O. The van der Waals surface area contributed by atoms with Crippen LogP contribution >= 0.6 is 0 Å². The maximum atomic E-state index is 11.0. The zero-order chi connectivity index (χ0) is 11.3. The minimum atomic E-state index is -0.0440. The Bertz CT molecular complexity index is 321. The molecule has 0 saturated heterocycles. The normalized spacial score (nSPS) is 12.2. The number of hydrogen-bond donors (Lipinski definition) is 3. The predicted octanol–water partition coefficient (Wildman–Crippen LogP) is 0.587. The fraction of sp³-hybridized carbons (Fsp3) is 0.364. The second-order valence-corrected chi connectivity index (χ2v) is 3.51. The lowest BCUT2D eigenvalue weighted by molar-refractivity contribution is 0.101. The lowest BCUT2D eigenvalue weighted by atomic mass is 10.1. The van der Waals surface area contributed by atoms with Crippen molar-refractivity contribution in [3.8, 4) is 0 Å². The molecule has 0 bridgehead atoms. The molecule has 0 radical (unpaired) electrons. The second-order valence-electron chi connectivity index (χ2n) is 3.51. The number of ketones is 1. The Morgan fingerprint density at radius 3 is 2.47 bits per heavy atom. The third kappa shape index (κ3) is 3.69. The van der Waals surface area contributed by atoms with Gasteiger partial charge in [-0.1, -0.05) is 0 Å². The van der Waals surface area contributed by atoms with E-state index >= 15 is 0 Å². The number of Topliss-reactive ketones (excluding diaryl/α,β-unsaturated/α-hetero) is 1. The van der Waals surface area contributed by atoms with Crippen molar-refractivity contribution < 1.29 is 4.79 Å². The molecule has 0 aromatic heterocycles. The number of carbonyl (C=O) groups excluding carboxylic acids is 1. The van der Waals surface area contributed by atoms with E-state index in [4.69, 9.17) is 11.5 Å². The van der Waals surface area contributed by atoms with Crippen LogP contribution in [0, 0.1) is 0 Å². The molecule has 0 aliphatic heterocycles. The van der Waals surface area contributed by atoms with Crippen LogP contribution in [0.3, 0.4) is 0 Å². The summed E-state index contributed by atoms with van der Waals surface area (Å²) in [5.41, 5.74) is 12.7. The minimum absolute atomic E-state index is 0.0440. The summed E-state index contributed by atoms with van der Waals surface area (Å²) < 4.78 is 0. The van der Waals surface area contributed by atoms with Crippen LogP contribution in [0.4, 0.5) is 5.69 Å². The van der Waals surface area contributed by atoms with Crippen LogP contribution in [0.2, 0.25) is 0 Å².